The highest BCUT2D eigenvalue weighted by Crippen LogP contribution is 2.32. The molecule has 3 rings (SSSR count). The van der Waals surface area contributed by atoms with E-state index >= 15 is 0 Å². The van der Waals surface area contributed by atoms with E-state index in [1.807, 2.05) is 0 Å². The molecule has 2 aromatic heterocycles. The number of guanidine groups is 1. The molecule has 0 saturated carbocycles. The largest absolute Gasteiger partial charge is 0.370 e. The van der Waals surface area contributed by atoms with Gasteiger partial charge in [0.2, 0.25) is 11.9 Å². The molecule has 0 radical (unpaired) electrons. The van der Waals surface area contributed by atoms with Crippen molar-refractivity contribution in [3.63, 3.8) is 0 Å². The summed E-state index contributed by atoms with van der Waals surface area (Å²) in [6, 6.07) is 11.6. The first-order chi connectivity index (χ1) is 16.3. The monoisotopic (exact) mass is 467 g/mol. The lowest BCUT2D eigenvalue weighted by atomic mass is 9.89. The zero-order valence-corrected chi connectivity index (χ0v) is 19.1. The number of hydrogen-bond donors (Lipinski definition) is 2. The van der Waals surface area contributed by atoms with Crippen molar-refractivity contribution in [3.05, 3.63) is 77.6 Å². The van der Waals surface area contributed by atoms with E-state index in [2.05, 4.69) is 4.98 Å². The van der Waals surface area contributed by atoms with E-state index in [0.717, 1.165) is 4.90 Å². The van der Waals surface area contributed by atoms with Gasteiger partial charge in [-0.2, -0.15) is 4.39 Å². The van der Waals surface area contributed by atoms with Crippen LogP contribution in [0.3, 0.4) is 0 Å². The van der Waals surface area contributed by atoms with E-state index in [4.69, 9.17) is 11.1 Å². The summed E-state index contributed by atoms with van der Waals surface area (Å²) in [7, 11) is 1.39. The second-order valence-electron chi connectivity index (χ2n) is 7.85. The maximum absolute atomic E-state index is 14.3. The standard InChI is InChI=1S/C25H27F2N5O2/c1-3-21(33)20-14-18(15-32(20)12-6-10-26)22(24(34)31(2)25(28)29)17-8-4-7-16(13-17)19-9-5-11-30-23(19)27/h4-5,7-9,11,13-15,22H,3,6,10,12H2,1-2H3,(H3,28,29). The molecule has 0 aliphatic rings. The molecule has 0 aliphatic heterocycles. The molecule has 2 heterocycles. The number of halogens is 2. The first kappa shape index (κ1) is 24.8. The van der Waals surface area contributed by atoms with Crippen LogP contribution in [0.2, 0.25) is 0 Å². The van der Waals surface area contributed by atoms with Gasteiger partial charge < -0.3 is 10.3 Å². The molecule has 1 atom stereocenters. The van der Waals surface area contributed by atoms with Gasteiger partial charge in [-0.15, -0.1) is 0 Å². The smallest absolute Gasteiger partial charge is 0.241 e. The van der Waals surface area contributed by atoms with Gasteiger partial charge in [-0.05, 0) is 47.4 Å². The Bertz CT molecular complexity index is 1210. The molecule has 1 aromatic carbocycles. The van der Waals surface area contributed by atoms with Gasteiger partial charge in [-0.3, -0.25) is 24.3 Å². The molecule has 1 unspecified atom stereocenters. The number of Topliss-reactive ketones (excluding diaryl/α,β-unsaturated/α-hetero) is 1. The van der Waals surface area contributed by atoms with Crippen molar-refractivity contribution in [3.8, 4) is 11.1 Å². The predicted molar refractivity (Wildman–Crippen MR) is 126 cm³/mol. The van der Waals surface area contributed by atoms with Crippen LogP contribution in [0.25, 0.3) is 11.1 Å². The van der Waals surface area contributed by atoms with Gasteiger partial charge in [-0.25, -0.2) is 4.98 Å². The van der Waals surface area contributed by atoms with Crippen molar-refractivity contribution in [1.82, 2.24) is 14.5 Å². The van der Waals surface area contributed by atoms with Crippen LogP contribution in [0.4, 0.5) is 8.78 Å². The van der Waals surface area contributed by atoms with Crippen LogP contribution in [0.15, 0.2) is 54.9 Å². The van der Waals surface area contributed by atoms with Crippen molar-refractivity contribution in [2.75, 3.05) is 13.7 Å². The number of aryl methyl sites for hydroxylation is 1. The third kappa shape index (κ3) is 5.19. The van der Waals surface area contributed by atoms with Crippen LogP contribution in [0.1, 0.15) is 47.3 Å². The van der Waals surface area contributed by atoms with Crippen LogP contribution in [0.5, 0.6) is 0 Å². The Labute approximate surface area is 196 Å². The number of carbonyl (C=O) groups is 2. The van der Waals surface area contributed by atoms with Gasteiger partial charge in [0.25, 0.3) is 0 Å². The number of benzene rings is 1. The number of likely N-dealkylation sites (N-methyl/N-ethyl adjacent to an activating group) is 1. The lowest BCUT2D eigenvalue weighted by Crippen LogP contribution is -2.41. The van der Waals surface area contributed by atoms with E-state index in [1.54, 1.807) is 60.2 Å². The van der Waals surface area contributed by atoms with Gasteiger partial charge in [-0.1, -0.05) is 25.1 Å². The lowest BCUT2D eigenvalue weighted by Gasteiger charge is -2.23. The number of carbonyl (C=O) groups excluding carboxylic acids is 2. The van der Waals surface area contributed by atoms with Crippen LogP contribution >= 0.6 is 0 Å². The minimum atomic E-state index is -0.927. The summed E-state index contributed by atoms with van der Waals surface area (Å²) < 4.78 is 28.8. The topological polar surface area (TPSA) is 105 Å². The summed E-state index contributed by atoms with van der Waals surface area (Å²) in [5.74, 6) is -2.64. The third-order valence-electron chi connectivity index (χ3n) is 5.62. The highest BCUT2D eigenvalue weighted by molar-refractivity contribution is 6.00. The van der Waals surface area contributed by atoms with Gasteiger partial charge in [0.15, 0.2) is 11.7 Å². The molecule has 3 N–H and O–H groups in total. The Morgan fingerprint density at radius 3 is 2.62 bits per heavy atom. The highest BCUT2D eigenvalue weighted by Gasteiger charge is 2.30. The van der Waals surface area contributed by atoms with Gasteiger partial charge in [0.1, 0.15) is 0 Å². The minimum Gasteiger partial charge on any atom is -0.370 e. The van der Waals surface area contributed by atoms with E-state index in [0.29, 0.717) is 22.4 Å². The Kier molecular flexibility index (Phi) is 7.88. The van der Waals surface area contributed by atoms with Crippen LogP contribution < -0.4 is 5.73 Å². The first-order valence-electron chi connectivity index (χ1n) is 10.9. The normalized spacial score (nSPS) is 11.8. The number of pyridine rings is 1. The van der Waals surface area contributed by atoms with Crippen molar-refractivity contribution in [2.24, 2.45) is 5.73 Å². The second-order valence-corrected chi connectivity index (χ2v) is 7.85. The molecule has 0 saturated heterocycles. The summed E-state index contributed by atoms with van der Waals surface area (Å²) in [4.78, 5) is 30.7. The average molecular weight is 468 g/mol. The van der Waals surface area contributed by atoms with E-state index < -0.39 is 30.4 Å². The summed E-state index contributed by atoms with van der Waals surface area (Å²) in [6.07, 6.45) is 3.48. The summed E-state index contributed by atoms with van der Waals surface area (Å²) in [6.45, 7) is 1.47. The number of nitrogens with zero attached hydrogens (tertiary/aromatic N) is 3. The zero-order chi connectivity index (χ0) is 24.8. The molecular formula is C25H27F2N5O2. The minimum absolute atomic E-state index is 0.137. The number of hydrogen-bond acceptors (Lipinski definition) is 4. The van der Waals surface area contributed by atoms with E-state index in [1.165, 1.54) is 13.2 Å². The van der Waals surface area contributed by atoms with Gasteiger partial charge in [0, 0.05) is 38.0 Å². The first-order valence-corrected chi connectivity index (χ1v) is 10.9. The van der Waals surface area contributed by atoms with Crippen molar-refractivity contribution in [1.29, 1.82) is 5.41 Å². The summed E-state index contributed by atoms with van der Waals surface area (Å²) in [5.41, 5.74) is 7.77. The Morgan fingerprint density at radius 1 is 1.21 bits per heavy atom. The Morgan fingerprint density at radius 2 is 1.97 bits per heavy atom. The number of nitrogens with one attached hydrogen (secondary N) is 1. The SMILES string of the molecule is CCC(=O)c1cc(C(C(=O)N(C)C(=N)N)c2cccc(-c3cccnc3F)c2)cn1CCCF. The van der Waals surface area contributed by atoms with Gasteiger partial charge in [0.05, 0.1) is 18.3 Å². The van der Waals surface area contributed by atoms with Crippen molar-refractivity contribution in [2.45, 2.75) is 32.2 Å². The average Bonchev–Trinajstić information content (AvgIpc) is 3.25. The lowest BCUT2D eigenvalue weighted by molar-refractivity contribution is -0.127. The predicted octanol–water partition coefficient (Wildman–Crippen LogP) is 4.13. The maximum Gasteiger partial charge on any atom is 0.241 e. The molecule has 1 amide bonds. The zero-order valence-electron chi connectivity index (χ0n) is 19.1. The fourth-order valence-electron chi connectivity index (χ4n) is 3.80. The van der Waals surface area contributed by atoms with Crippen LogP contribution in [-0.4, -0.2) is 45.8 Å². The molecule has 0 fully saturated rings. The molecular weight excluding hydrogens is 440 g/mol. The van der Waals surface area contributed by atoms with Gasteiger partial charge >= 0.3 is 0 Å². The number of aromatic nitrogens is 2. The van der Waals surface area contributed by atoms with E-state index in [-0.39, 0.29) is 30.7 Å². The molecule has 0 spiro atoms. The fraction of sp³-hybridized carbons (Fsp3) is 0.280. The number of amides is 1. The number of alkyl halides is 1. The molecule has 178 valence electrons. The molecule has 3 aromatic rings. The van der Waals surface area contributed by atoms with Crippen molar-refractivity contribution >= 4 is 17.6 Å². The maximum atomic E-state index is 14.3. The molecule has 0 aliphatic carbocycles. The molecule has 34 heavy (non-hydrogen) atoms. The summed E-state index contributed by atoms with van der Waals surface area (Å²) >= 11 is 0. The number of nitrogens with two attached hydrogens (primary N) is 1. The van der Waals surface area contributed by atoms with Crippen molar-refractivity contribution < 1.29 is 18.4 Å². The van der Waals surface area contributed by atoms with Crippen LogP contribution in [-0.2, 0) is 11.3 Å². The Balaban J connectivity index is 2.16. The molecule has 0 bridgehead atoms. The number of rotatable bonds is 9. The van der Waals surface area contributed by atoms with E-state index in [9.17, 15) is 18.4 Å². The molecule has 7 nitrogen and oxygen atoms in total. The highest BCUT2D eigenvalue weighted by atomic mass is 19.1. The molecule has 9 heteroatoms. The number of ketones is 1. The van der Waals surface area contributed by atoms with Crippen LogP contribution in [0, 0.1) is 11.4 Å². The quantitative estimate of drug-likeness (QED) is 0.214. The third-order valence-corrected chi connectivity index (χ3v) is 5.62. The fourth-order valence-corrected chi connectivity index (χ4v) is 3.80. The Hall–Kier alpha value is -3.88. The summed E-state index contributed by atoms with van der Waals surface area (Å²) in [5, 5.41) is 7.71. The second kappa shape index (κ2) is 10.8.